The van der Waals surface area contributed by atoms with Crippen LogP contribution in [0.1, 0.15) is 27.0 Å². The molecule has 26 heavy (non-hydrogen) atoms. The summed E-state index contributed by atoms with van der Waals surface area (Å²) >= 11 is 1.74. The standard InChI is InChI=1S/C20H23N3O2S/c1-14-19(15-5-2-3-6-16(15)22-14)20(24)21-13-17(18-7-4-12-26-18)23-8-10-25-11-9-23/h2-7,12,17,22H,8-11,13H2,1H3,(H,21,24). The minimum atomic E-state index is -0.0187. The number of benzene rings is 1. The van der Waals surface area contributed by atoms with E-state index in [4.69, 9.17) is 4.74 Å². The molecule has 1 atom stereocenters. The summed E-state index contributed by atoms with van der Waals surface area (Å²) in [6, 6.07) is 12.3. The number of fused-ring (bicyclic) bond motifs is 1. The Labute approximate surface area is 157 Å². The molecule has 1 saturated heterocycles. The first kappa shape index (κ1) is 17.3. The summed E-state index contributed by atoms with van der Waals surface area (Å²) in [6.45, 7) is 5.83. The van der Waals surface area contributed by atoms with E-state index in [0.29, 0.717) is 6.54 Å². The minimum Gasteiger partial charge on any atom is -0.379 e. The molecule has 2 aromatic heterocycles. The van der Waals surface area contributed by atoms with Gasteiger partial charge in [0.2, 0.25) is 0 Å². The summed E-state index contributed by atoms with van der Waals surface area (Å²) in [5.41, 5.74) is 2.65. The molecule has 136 valence electrons. The van der Waals surface area contributed by atoms with Crippen LogP contribution < -0.4 is 5.32 Å². The van der Waals surface area contributed by atoms with Crippen LogP contribution in [0.25, 0.3) is 10.9 Å². The fraction of sp³-hybridized carbons (Fsp3) is 0.350. The van der Waals surface area contributed by atoms with Crippen molar-refractivity contribution in [2.45, 2.75) is 13.0 Å². The van der Waals surface area contributed by atoms with Crippen molar-refractivity contribution in [3.05, 3.63) is 57.9 Å². The van der Waals surface area contributed by atoms with E-state index < -0.39 is 0 Å². The van der Waals surface area contributed by atoms with Crippen LogP contribution in [0.5, 0.6) is 0 Å². The molecule has 4 rings (SSSR count). The second-order valence-corrected chi connectivity index (χ2v) is 7.54. The van der Waals surface area contributed by atoms with Crippen LogP contribution in [0.2, 0.25) is 0 Å². The number of ether oxygens (including phenoxy) is 1. The number of nitrogens with one attached hydrogen (secondary N) is 2. The topological polar surface area (TPSA) is 57.4 Å². The second kappa shape index (κ2) is 7.61. The summed E-state index contributed by atoms with van der Waals surface area (Å²) < 4.78 is 5.49. The number of aryl methyl sites for hydroxylation is 1. The number of thiophene rings is 1. The molecule has 2 N–H and O–H groups in total. The zero-order valence-corrected chi connectivity index (χ0v) is 15.6. The molecule has 1 aliphatic rings. The van der Waals surface area contributed by atoms with Gasteiger partial charge < -0.3 is 15.0 Å². The van der Waals surface area contributed by atoms with Crippen LogP contribution in [-0.2, 0) is 4.74 Å². The van der Waals surface area contributed by atoms with Gasteiger partial charge in [-0.05, 0) is 24.4 Å². The molecule has 0 spiro atoms. The SMILES string of the molecule is Cc1[nH]c2ccccc2c1C(=O)NCC(c1cccs1)N1CCOCC1. The first-order chi connectivity index (χ1) is 12.7. The zero-order chi connectivity index (χ0) is 17.9. The Morgan fingerprint density at radius 2 is 2.08 bits per heavy atom. The van der Waals surface area contributed by atoms with Crippen molar-refractivity contribution in [1.82, 2.24) is 15.2 Å². The molecule has 0 radical (unpaired) electrons. The van der Waals surface area contributed by atoms with Gasteiger partial charge >= 0.3 is 0 Å². The van der Waals surface area contributed by atoms with Gasteiger partial charge in [0, 0.05) is 41.1 Å². The van der Waals surface area contributed by atoms with E-state index in [1.165, 1.54) is 4.88 Å². The van der Waals surface area contributed by atoms with Crippen LogP contribution in [-0.4, -0.2) is 48.6 Å². The highest BCUT2D eigenvalue weighted by molar-refractivity contribution is 7.10. The normalized spacial score (nSPS) is 16.7. The Hall–Kier alpha value is -2.15. The monoisotopic (exact) mass is 369 g/mol. The molecule has 1 amide bonds. The molecular formula is C20H23N3O2S. The van der Waals surface area contributed by atoms with Crippen LogP contribution >= 0.6 is 11.3 Å². The molecule has 0 saturated carbocycles. The van der Waals surface area contributed by atoms with Crippen molar-refractivity contribution < 1.29 is 9.53 Å². The number of H-pyrrole nitrogens is 1. The van der Waals surface area contributed by atoms with Gasteiger partial charge in [0.05, 0.1) is 24.8 Å². The van der Waals surface area contributed by atoms with Gasteiger partial charge in [0.25, 0.3) is 5.91 Å². The quantitative estimate of drug-likeness (QED) is 0.725. The van der Waals surface area contributed by atoms with Gasteiger partial charge in [-0.3, -0.25) is 9.69 Å². The van der Waals surface area contributed by atoms with Crippen molar-refractivity contribution in [2.24, 2.45) is 0 Å². The number of hydrogen-bond donors (Lipinski definition) is 2. The number of amides is 1. The summed E-state index contributed by atoms with van der Waals surface area (Å²) in [4.78, 5) is 19.9. The predicted molar refractivity (Wildman–Crippen MR) is 105 cm³/mol. The van der Waals surface area contributed by atoms with Crippen molar-refractivity contribution >= 4 is 28.1 Å². The van der Waals surface area contributed by atoms with E-state index in [1.807, 2.05) is 31.2 Å². The summed E-state index contributed by atoms with van der Waals surface area (Å²) in [5.74, 6) is -0.0187. The number of aromatic nitrogens is 1. The molecule has 5 nitrogen and oxygen atoms in total. The van der Waals surface area contributed by atoms with E-state index in [-0.39, 0.29) is 11.9 Å². The molecule has 0 bridgehead atoms. The highest BCUT2D eigenvalue weighted by Crippen LogP contribution is 2.26. The number of rotatable bonds is 5. The van der Waals surface area contributed by atoms with Crippen LogP contribution in [0.3, 0.4) is 0 Å². The van der Waals surface area contributed by atoms with E-state index in [2.05, 4.69) is 32.7 Å². The average molecular weight is 369 g/mol. The van der Waals surface area contributed by atoms with Gasteiger partial charge in [0.1, 0.15) is 0 Å². The first-order valence-corrected chi connectivity index (χ1v) is 9.82. The maximum absolute atomic E-state index is 12.9. The van der Waals surface area contributed by atoms with Crippen molar-refractivity contribution in [2.75, 3.05) is 32.8 Å². The third kappa shape index (κ3) is 3.40. The Kier molecular flexibility index (Phi) is 5.06. The number of carbonyl (C=O) groups is 1. The maximum atomic E-state index is 12.9. The lowest BCUT2D eigenvalue weighted by Crippen LogP contribution is -2.43. The summed E-state index contributed by atoms with van der Waals surface area (Å²) in [6.07, 6.45) is 0. The lowest BCUT2D eigenvalue weighted by Gasteiger charge is -2.34. The Bertz CT molecular complexity index is 882. The Morgan fingerprint density at radius 3 is 2.85 bits per heavy atom. The Morgan fingerprint density at radius 1 is 1.27 bits per heavy atom. The number of aromatic amines is 1. The second-order valence-electron chi connectivity index (χ2n) is 6.56. The van der Waals surface area contributed by atoms with Gasteiger partial charge in [-0.1, -0.05) is 24.3 Å². The van der Waals surface area contributed by atoms with Crippen LogP contribution in [0.4, 0.5) is 0 Å². The number of morpholine rings is 1. The number of nitrogens with zero attached hydrogens (tertiary/aromatic N) is 1. The molecule has 1 aromatic carbocycles. The largest absolute Gasteiger partial charge is 0.379 e. The molecular weight excluding hydrogens is 346 g/mol. The molecule has 0 aliphatic carbocycles. The van der Waals surface area contributed by atoms with Crippen molar-refractivity contribution in [1.29, 1.82) is 0 Å². The van der Waals surface area contributed by atoms with Gasteiger partial charge in [-0.25, -0.2) is 0 Å². The van der Waals surface area contributed by atoms with Crippen molar-refractivity contribution in [3.63, 3.8) is 0 Å². The maximum Gasteiger partial charge on any atom is 0.253 e. The van der Waals surface area contributed by atoms with Crippen LogP contribution in [0, 0.1) is 6.92 Å². The van der Waals surface area contributed by atoms with Crippen LogP contribution in [0.15, 0.2) is 41.8 Å². The van der Waals surface area contributed by atoms with Gasteiger partial charge in [-0.15, -0.1) is 11.3 Å². The fourth-order valence-electron chi connectivity index (χ4n) is 3.63. The highest BCUT2D eigenvalue weighted by atomic mass is 32.1. The van der Waals surface area contributed by atoms with E-state index in [9.17, 15) is 4.79 Å². The molecule has 1 aliphatic heterocycles. The molecule has 1 fully saturated rings. The number of carbonyl (C=O) groups excluding carboxylic acids is 1. The van der Waals surface area contributed by atoms with Crippen molar-refractivity contribution in [3.8, 4) is 0 Å². The summed E-state index contributed by atoms with van der Waals surface area (Å²) in [7, 11) is 0. The Balaban J connectivity index is 1.53. The zero-order valence-electron chi connectivity index (χ0n) is 14.8. The van der Waals surface area contributed by atoms with E-state index in [1.54, 1.807) is 11.3 Å². The third-order valence-electron chi connectivity index (χ3n) is 4.93. The molecule has 3 aromatic rings. The molecule has 6 heteroatoms. The molecule has 1 unspecified atom stereocenters. The first-order valence-electron chi connectivity index (χ1n) is 8.95. The van der Waals surface area contributed by atoms with E-state index in [0.717, 1.165) is 48.5 Å². The lowest BCUT2D eigenvalue weighted by atomic mass is 10.1. The average Bonchev–Trinajstić information content (AvgIpc) is 3.29. The van der Waals surface area contributed by atoms with Gasteiger partial charge in [-0.2, -0.15) is 0 Å². The van der Waals surface area contributed by atoms with Gasteiger partial charge in [0.15, 0.2) is 0 Å². The molecule has 3 heterocycles. The smallest absolute Gasteiger partial charge is 0.253 e. The predicted octanol–water partition coefficient (Wildman–Crippen LogP) is 3.34. The third-order valence-corrected chi connectivity index (χ3v) is 5.91. The highest BCUT2D eigenvalue weighted by Gasteiger charge is 2.25. The van der Waals surface area contributed by atoms with E-state index >= 15 is 0 Å². The lowest BCUT2D eigenvalue weighted by molar-refractivity contribution is 0.0169. The minimum absolute atomic E-state index is 0.0187. The number of hydrogen-bond acceptors (Lipinski definition) is 4. The fourth-order valence-corrected chi connectivity index (χ4v) is 4.49. The summed E-state index contributed by atoms with van der Waals surface area (Å²) in [5, 5.41) is 6.23. The number of para-hydroxylation sites is 1.